The van der Waals surface area contributed by atoms with Gasteiger partial charge in [-0.25, -0.2) is 4.79 Å². The molecule has 0 bridgehead atoms. The molecular weight excluding hydrogens is 270 g/mol. The van der Waals surface area contributed by atoms with E-state index in [4.69, 9.17) is 5.11 Å². The SMILES string of the molecule is CCN1CCC(CNC(=O)NC(C)CCCC(=O)O)CC1. The Morgan fingerprint density at radius 2 is 2.00 bits per heavy atom. The number of nitrogens with one attached hydrogen (secondary N) is 2. The maximum Gasteiger partial charge on any atom is 0.315 e. The molecule has 1 atom stereocenters. The third-order valence-corrected chi connectivity index (χ3v) is 4.11. The summed E-state index contributed by atoms with van der Waals surface area (Å²) >= 11 is 0. The molecule has 1 aliphatic heterocycles. The third kappa shape index (κ3) is 7.90. The van der Waals surface area contributed by atoms with Crippen LogP contribution in [-0.4, -0.2) is 54.2 Å². The van der Waals surface area contributed by atoms with E-state index < -0.39 is 5.97 Å². The second kappa shape index (κ2) is 9.60. The van der Waals surface area contributed by atoms with Gasteiger partial charge in [-0.3, -0.25) is 4.79 Å². The van der Waals surface area contributed by atoms with E-state index >= 15 is 0 Å². The largest absolute Gasteiger partial charge is 0.481 e. The van der Waals surface area contributed by atoms with Crippen LogP contribution in [0.2, 0.25) is 0 Å². The fourth-order valence-electron chi connectivity index (χ4n) is 2.65. The molecule has 3 N–H and O–H groups in total. The van der Waals surface area contributed by atoms with Gasteiger partial charge in [0, 0.05) is 19.0 Å². The summed E-state index contributed by atoms with van der Waals surface area (Å²) in [5, 5.41) is 14.4. The van der Waals surface area contributed by atoms with Crippen molar-refractivity contribution < 1.29 is 14.7 Å². The topological polar surface area (TPSA) is 81.7 Å². The van der Waals surface area contributed by atoms with Gasteiger partial charge in [-0.2, -0.15) is 0 Å². The average molecular weight is 299 g/mol. The van der Waals surface area contributed by atoms with E-state index in [1.165, 1.54) is 0 Å². The number of urea groups is 1. The highest BCUT2D eigenvalue weighted by atomic mass is 16.4. The Bertz CT molecular complexity index is 328. The Hall–Kier alpha value is -1.30. The van der Waals surface area contributed by atoms with Crippen LogP contribution in [0.3, 0.4) is 0 Å². The highest BCUT2D eigenvalue weighted by Gasteiger charge is 2.18. The van der Waals surface area contributed by atoms with Crippen LogP contribution in [-0.2, 0) is 4.79 Å². The van der Waals surface area contributed by atoms with Gasteiger partial charge in [0.05, 0.1) is 0 Å². The molecule has 0 spiro atoms. The predicted molar refractivity (Wildman–Crippen MR) is 82.3 cm³/mol. The fourth-order valence-corrected chi connectivity index (χ4v) is 2.65. The van der Waals surface area contributed by atoms with Crippen molar-refractivity contribution in [1.82, 2.24) is 15.5 Å². The minimum Gasteiger partial charge on any atom is -0.481 e. The van der Waals surface area contributed by atoms with Crippen LogP contribution < -0.4 is 10.6 Å². The first-order chi connectivity index (χ1) is 10.0. The lowest BCUT2D eigenvalue weighted by atomic mass is 9.97. The van der Waals surface area contributed by atoms with Gasteiger partial charge >= 0.3 is 12.0 Å². The first-order valence-corrected chi connectivity index (χ1v) is 7.99. The second-order valence-corrected chi connectivity index (χ2v) is 5.92. The van der Waals surface area contributed by atoms with E-state index in [2.05, 4.69) is 22.5 Å². The van der Waals surface area contributed by atoms with Crippen molar-refractivity contribution in [3.05, 3.63) is 0 Å². The zero-order valence-electron chi connectivity index (χ0n) is 13.2. The maximum atomic E-state index is 11.8. The number of carboxylic acids is 1. The molecule has 1 aliphatic rings. The number of nitrogens with zero attached hydrogens (tertiary/aromatic N) is 1. The van der Waals surface area contributed by atoms with E-state index in [-0.39, 0.29) is 18.5 Å². The number of carbonyl (C=O) groups is 2. The Balaban J connectivity index is 2.09. The number of hydrogen-bond acceptors (Lipinski definition) is 3. The highest BCUT2D eigenvalue weighted by molar-refractivity contribution is 5.74. The number of amides is 2. The molecule has 0 saturated carbocycles. The molecular formula is C15H29N3O3. The molecule has 0 aliphatic carbocycles. The van der Waals surface area contributed by atoms with E-state index in [0.717, 1.165) is 39.0 Å². The quantitative estimate of drug-likeness (QED) is 0.636. The second-order valence-electron chi connectivity index (χ2n) is 5.92. The minimum atomic E-state index is -0.787. The number of rotatable bonds is 8. The van der Waals surface area contributed by atoms with Gasteiger partial charge < -0.3 is 20.6 Å². The van der Waals surface area contributed by atoms with Crippen molar-refractivity contribution in [3.63, 3.8) is 0 Å². The van der Waals surface area contributed by atoms with E-state index in [0.29, 0.717) is 18.8 Å². The number of hydrogen-bond donors (Lipinski definition) is 3. The molecule has 0 radical (unpaired) electrons. The van der Waals surface area contributed by atoms with Crippen LogP contribution in [0, 0.1) is 5.92 Å². The summed E-state index contributed by atoms with van der Waals surface area (Å²) in [7, 11) is 0. The summed E-state index contributed by atoms with van der Waals surface area (Å²) < 4.78 is 0. The third-order valence-electron chi connectivity index (χ3n) is 4.11. The lowest BCUT2D eigenvalue weighted by Crippen LogP contribution is -2.44. The Kier molecular flexibility index (Phi) is 8.12. The molecule has 6 nitrogen and oxygen atoms in total. The highest BCUT2D eigenvalue weighted by Crippen LogP contribution is 2.15. The molecule has 0 aromatic rings. The van der Waals surface area contributed by atoms with Gasteiger partial charge in [0.2, 0.25) is 0 Å². The fraction of sp³-hybridized carbons (Fsp3) is 0.867. The molecule has 6 heteroatoms. The Morgan fingerprint density at radius 1 is 1.33 bits per heavy atom. The smallest absolute Gasteiger partial charge is 0.315 e. The molecule has 2 amide bonds. The average Bonchev–Trinajstić information content (AvgIpc) is 2.45. The van der Waals surface area contributed by atoms with Crippen LogP contribution in [0.5, 0.6) is 0 Å². The summed E-state index contributed by atoms with van der Waals surface area (Å²) in [5.41, 5.74) is 0. The first kappa shape index (κ1) is 17.8. The molecule has 0 aromatic carbocycles. The Labute approximate surface area is 127 Å². The zero-order valence-corrected chi connectivity index (χ0v) is 13.2. The summed E-state index contributed by atoms with van der Waals surface area (Å²) in [4.78, 5) is 24.6. The van der Waals surface area contributed by atoms with Crippen LogP contribution >= 0.6 is 0 Å². The molecule has 122 valence electrons. The summed E-state index contributed by atoms with van der Waals surface area (Å²) in [6.45, 7) is 8.16. The monoisotopic (exact) mass is 299 g/mol. The summed E-state index contributed by atoms with van der Waals surface area (Å²) in [6.07, 6.45) is 3.72. The molecule has 21 heavy (non-hydrogen) atoms. The van der Waals surface area contributed by atoms with Crippen molar-refractivity contribution in [2.45, 2.75) is 52.0 Å². The van der Waals surface area contributed by atoms with Gasteiger partial charge in [-0.05, 0) is 58.2 Å². The zero-order chi connectivity index (χ0) is 15.7. The van der Waals surface area contributed by atoms with Crippen molar-refractivity contribution in [1.29, 1.82) is 0 Å². The standard InChI is InChI=1S/C15H29N3O3/c1-3-18-9-7-13(8-10-18)11-16-15(21)17-12(2)5-4-6-14(19)20/h12-13H,3-11H2,1-2H3,(H,19,20)(H2,16,17,21). The molecule has 1 heterocycles. The van der Waals surface area contributed by atoms with Crippen molar-refractivity contribution >= 4 is 12.0 Å². The molecule has 1 saturated heterocycles. The maximum absolute atomic E-state index is 11.8. The summed E-state index contributed by atoms with van der Waals surface area (Å²) in [6, 6.07) is -0.137. The molecule has 0 aromatic heterocycles. The number of carboxylic acid groups (broad SMARTS) is 1. The van der Waals surface area contributed by atoms with Crippen molar-refractivity contribution in [2.24, 2.45) is 5.92 Å². The number of likely N-dealkylation sites (tertiary alicyclic amines) is 1. The van der Waals surface area contributed by atoms with Crippen molar-refractivity contribution in [3.8, 4) is 0 Å². The Morgan fingerprint density at radius 3 is 2.57 bits per heavy atom. The van der Waals surface area contributed by atoms with E-state index in [1.807, 2.05) is 6.92 Å². The van der Waals surface area contributed by atoms with Crippen LogP contribution in [0.1, 0.15) is 46.0 Å². The number of aliphatic carboxylic acids is 1. The van der Waals surface area contributed by atoms with Crippen molar-refractivity contribution in [2.75, 3.05) is 26.2 Å². The van der Waals surface area contributed by atoms with E-state index in [1.54, 1.807) is 0 Å². The van der Waals surface area contributed by atoms with Gasteiger partial charge in [0.1, 0.15) is 0 Å². The predicted octanol–water partition coefficient (Wildman–Crippen LogP) is 1.66. The normalized spacial score (nSPS) is 18.2. The molecule has 1 rings (SSSR count). The number of piperidine rings is 1. The molecule has 1 unspecified atom stereocenters. The van der Waals surface area contributed by atoms with Crippen LogP contribution in [0.4, 0.5) is 4.79 Å². The minimum absolute atomic E-state index is 0.00582. The lowest BCUT2D eigenvalue weighted by Gasteiger charge is -2.31. The molecule has 1 fully saturated rings. The lowest BCUT2D eigenvalue weighted by molar-refractivity contribution is -0.137. The van der Waals surface area contributed by atoms with Crippen LogP contribution in [0.15, 0.2) is 0 Å². The first-order valence-electron chi connectivity index (χ1n) is 7.99. The number of carbonyl (C=O) groups excluding carboxylic acids is 1. The van der Waals surface area contributed by atoms with E-state index in [9.17, 15) is 9.59 Å². The van der Waals surface area contributed by atoms with Gasteiger partial charge in [-0.15, -0.1) is 0 Å². The van der Waals surface area contributed by atoms with Gasteiger partial charge in [0.15, 0.2) is 0 Å². The summed E-state index contributed by atoms with van der Waals surface area (Å²) in [5.74, 6) is -0.217. The van der Waals surface area contributed by atoms with Gasteiger partial charge in [-0.1, -0.05) is 6.92 Å². The van der Waals surface area contributed by atoms with Gasteiger partial charge in [0.25, 0.3) is 0 Å². The van der Waals surface area contributed by atoms with Crippen LogP contribution in [0.25, 0.3) is 0 Å².